The van der Waals surface area contributed by atoms with Gasteiger partial charge < -0.3 is 10.4 Å². The standard InChI is InChI=1S/C8H12N2OS/c11-7(3-10-6-1-2-6)8-4-9-5-12-8/h4-7,10-11H,1-3H2. The molecule has 1 atom stereocenters. The molecule has 0 saturated heterocycles. The van der Waals surface area contributed by atoms with Gasteiger partial charge in [-0.3, -0.25) is 4.98 Å². The molecule has 0 aromatic carbocycles. The number of hydrogen-bond acceptors (Lipinski definition) is 4. The highest BCUT2D eigenvalue weighted by atomic mass is 32.1. The molecule has 0 spiro atoms. The van der Waals surface area contributed by atoms with Crippen LogP contribution in [0, 0.1) is 0 Å². The summed E-state index contributed by atoms with van der Waals surface area (Å²) in [4.78, 5) is 4.86. The van der Waals surface area contributed by atoms with E-state index in [0.29, 0.717) is 12.6 Å². The monoisotopic (exact) mass is 184 g/mol. The van der Waals surface area contributed by atoms with Crippen LogP contribution in [-0.2, 0) is 0 Å². The van der Waals surface area contributed by atoms with E-state index in [4.69, 9.17) is 0 Å². The second-order valence-electron chi connectivity index (χ2n) is 3.10. The van der Waals surface area contributed by atoms with Gasteiger partial charge in [0, 0.05) is 18.8 Å². The molecule has 66 valence electrons. The SMILES string of the molecule is OC(CNC1CC1)c1cncs1. The lowest BCUT2D eigenvalue weighted by Crippen LogP contribution is -2.22. The lowest BCUT2D eigenvalue weighted by atomic mass is 10.3. The number of thiazole rings is 1. The molecule has 1 aromatic rings. The highest BCUT2D eigenvalue weighted by molar-refractivity contribution is 7.09. The molecule has 4 heteroatoms. The molecule has 2 N–H and O–H groups in total. The first-order valence-corrected chi connectivity index (χ1v) is 5.04. The van der Waals surface area contributed by atoms with E-state index in [1.165, 1.54) is 24.2 Å². The predicted molar refractivity (Wildman–Crippen MR) is 48.1 cm³/mol. The first-order chi connectivity index (χ1) is 5.86. The van der Waals surface area contributed by atoms with Gasteiger partial charge in [-0.15, -0.1) is 11.3 Å². The van der Waals surface area contributed by atoms with Gasteiger partial charge in [-0.2, -0.15) is 0 Å². The third kappa shape index (κ3) is 2.03. The van der Waals surface area contributed by atoms with Crippen molar-refractivity contribution in [3.8, 4) is 0 Å². The zero-order valence-corrected chi connectivity index (χ0v) is 7.55. The number of aliphatic hydroxyl groups excluding tert-OH is 1. The van der Waals surface area contributed by atoms with Crippen molar-refractivity contribution in [3.05, 3.63) is 16.6 Å². The number of nitrogens with zero attached hydrogens (tertiary/aromatic N) is 1. The molecular formula is C8H12N2OS. The van der Waals surface area contributed by atoms with Crippen LogP contribution < -0.4 is 5.32 Å². The topological polar surface area (TPSA) is 45.1 Å². The summed E-state index contributed by atoms with van der Waals surface area (Å²) in [6.07, 6.45) is 3.87. The lowest BCUT2D eigenvalue weighted by molar-refractivity contribution is 0.177. The van der Waals surface area contributed by atoms with Crippen molar-refractivity contribution in [2.24, 2.45) is 0 Å². The molecule has 1 aromatic heterocycles. The average molecular weight is 184 g/mol. The Morgan fingerprint density at radius 1 is 1.75 bits per heavy atom. The van der Waals surface area contributed by atoms with E-state index in [-0.39, 0.29) is 6.10 Å². The van der Waals surface area contributed by atoms with E-state index < -0.39 is 0 Å². The van der Waals surface area contributed by atoms with E-state index in [2.05, 4.69) is 10.3 Å². The minimum absolute atomic E-state index is 0.377. The van der Waals surface area contributed by atoms with Crippen molar-refractivity contribution in [3.63, 3.8) is 0 Å². The first kappa shape index (κ1) is 8.16. The summed E-state index contributed by atoms with van der Waals surface area (Å²) in [7, 11) is 0. The summed E-state index contributed by atoms with van der Waals surface area (Å²) in [6.45, 7) is 0.660. The van der Waals surface area contributed by atoms with E-state index in [1.54, 1.807) is 11.7 Å². The molecule has 1 heterocycles. The van der Waals surface area contributed by atoms with E-state index in [9.17, 15) is 5.11 Å². The van der Waals surface area contributed by atoms with Crippen molar-refractivity contribution in [2.45, 2.75) is 25.0 Å². The maximum absolute atomic E-state index is 9.59. The van der Waals surface area contributed by atoms with Crippen LogP contribution in [0.2, 0.25) is 0 Å². The zero-order valence-electron chi connectivity index (χ0n) is 6.73. The molecule has 1 saturated carbocycles. The van der Waals surface area contributed by atoms with Crippen molar-refractivity contribution in [1.29, 1.82) is 0 Å². The van der Waals surface area contributed by atoms with Crippen molar-refractivity contribution >= 4 is 11.3 Å². The number of nitrogens with one attached hydrogen (secondary N) is 1. The minimum atomic E-state index is -0.377. The highest BCUT2D eigenvalue weighted by Gasteiger charge is 2.21. The molecule has 0 radical (unpaired) electrons. The molecule has 1 aliphatic rings. The van der Waals surface area contributed by atoms with Crippen LogP contribution in [-0.4, -0.2) is 22.7 Å². The third-order valence-corrected chi connectivity index (χ3v) is 2.83. The average Bonchev–Trinajstić information content (AvgIpc) is 2.74. The normalized spacial score (nSPS) is 19.4. The fourth-order valence-corrected chi connectivity index (χ4v) is 1.66. The number of rotatable bonds is 4. The Bertz CT molecular complexity index is 233. The molecule has 1 aliphatic carbocycles. The summed E-state index contributed by atoms with van der Waals surface area (Å²) in [5, 5.41) is 12.9. The summed E-state index contributed by atoms with van der Waals surface area (Å²) in [6, 6.07) is 0.660. The van der Waals surface area contributed by atoms with Crippen LogP contribution in [0.4, 0.5) is 0 Å². The second kappa shape index (κ2) is 3.51. The van der Waals surface area contributed by atoms with Gasteiger partial charge in [0.15, 0.2) is 0 Å². The predicted octanol–water partition coefficient (Wildman–Crippen LogP) is 0.929. The van der Waals surface area contributed by atoms with Crippen LogP contribution in [0.1, 0.15) is 23.8 Å². The van der Waals surface area contributed by atoms with Gasteiger partial charge in [0.1, 0.15) is 6.10 Å². The van der Waals surface area contributed by atoms with E-state index >= 15 is 0 Å². The van der Waals surface area contributed by atoms with Crippen molar-refractivity contribution in [1.82, 2.24) is 10.3 Å². The molecule has 1 unspecified atom stereocenters. The van der Waals surface area contributed by atoms with Gasteiger partial charge in [0.2, 0.25) is 0 Å². The van der Waals surface area contributed by atoms with Crippen LogP contribution in [0.5, 0.6) is 0 Å². The minimum Gasteiger partial charge on any atom is -0.386 e. The van der Waals surface area contributed by atoms with Crippen molar-refractivity contribution in [2.75, 3.05) is 6.54 Å². The van der Waals surface area contributed by atoms with Crippen LogP contribution in [0.15, 0.2) is 11.7 Å². The number of aliphatic hydroxyl groups is 1. The first-order valence-electron chi connectivity index (χ1n) is 4.16. The molecule has 3 nitrogen and oxygen atoms in total. The number of hydrogen-bond donors (Lipinski definition) is 2. The molecule has 12 heavy (non-hydrogen) atoms. The Morgan fingerprint density at radius 3 is 3.17 bits per heavy atom. The molecule has 2 rings (SSSR count). The van der Waals surface area contributed by atoms with Gasteiger partial charge >= 0.3 is 0 Å². The Hall–Kier alpha value is -0.450. The summed E-state index contributed by atoms with van der Waals surface area (Å²) in [5.41, 5.74) is 1.75. The van der Waals surface area contributed by atoms with Crippen LogP contribution in [0.25, 0.3) is 0 Å². The van der Waals surface area contributed by atoms with Gasteiger partial charge in [0.25, 0.3) is 0 Å². The smallest absolute Gasteiger partial charge is 0.102 e. The Morgan fingerprint density at radius 2 is 2.58 bits per heavy atom. The van der Waals surface area contributed by atoms with E-state index in [1.807, 2.05) is 0 Å². The molecule has 1 fully saturated rings. The summed E-state index contributed by atoms with van der Waals surface area (Å²) in [5.74, 6) is 0. The Balaban J connectivity index is 1.79. The van der Waals surface area contributed by atoms with Gasteiger partial charge in [-0.1, -0.05) is 0 Å². The highest BCUT2D eigenvalue weighted by Crippen LogP contribution is 2.21. The molecular weight excluding hydrogens is 172 g/mol. The Kier molecular flexibility index (Phi) is 2.39. The fourth-order valence-electron chi connectivity index (χ4n) is 1.06. The maximum atomic E-state index is 9.59. The van der Waals surface area contributed by atoms with Crippen LogP contribution in [0.3, 0.4) is 0 Å². The number of aromatic nitrogens is 1. The van der Waals surface area contributed by atoms with Gasteiger partial charge in [-0.05, 0) is 12.8 Å². The fraction of sp³-hybridized carbons (Fsp3) is 0.625. The lowest BCUT2D eigenvalue weighted by Gasteiger charge is -2.07. The summed E-state index contributed by atoms with van der Waals surface area (Å²) >= 11 is 1.50. The molecule has 0 bridgehead atoms. The summed E-state index contributed by atoms with van der Waals surface area (Å²) < 4.78 is 0. The second-order valence-corrected chi connectivity index (χ2v) is 4.02. The zero-order chi connectivity index (χ0) is 8.39. The largest absolute Gasteiger partial charge is 0.386 e. The quantitative estimate of drug-likeness (QED) is 0.731. The molecule has 0 aliphatic heterocycles. The molecule has 0 amide bonds. The van der Waals surface area contributed by atoms with Crippen LogP contribution >= 0.6 is 11.3 Å². The van der Waals surface area contributed by atoms with Gasteiger partial charge in [-0.25, -0.2) is 0 Å². The third-order valence-electron chi connectivity index (χ3n) is 1.96. The Labute approximate surface area is 75.5 Å². The van der Waals surface area contributed by atoms with Gasteiger partial charge in [0.05, 0.1) is 10.4 Å². The van der Waals surface area contributed by atoms with E-state index in [0.717, 1.165) is 4.88 Å². The maximum Gasteiger partial charge on any atom is 0.102 e. The van der Waals surface area contributed by atoms with Crippen molar-refractivity contribution < 1.29 is 5.11 Å².